The average molecular weight is 636 g/mol. The molecule has 0 aliphatic carbocycles. The van der Waals surface area contributed by atoms with Crippen LogP contribution in [0.15, 0.2) is 98.9 Å². The number of rotatable bonds is 12. The third-order valence-corrected chi connectivity index (χ3v) is 8.46. The summed E-state index contributed by atoms with van der Waals surface area (Å²) in [6.45, 7) is 5.99. The highest BCUT2D eigenvalue weighted by molar-refractivity contribution is 7.91. The number of benzene rings is 3. The van der Waals surface area contributed by atoms with Gasteiger partial charge in [0.25, 0.3) is 0 Å². The van der Waals surface area contributed by atoms with Crippen LogP contribution >= 0.6 is 0 Å². The van der Waals surface area contributed by atoms with Crippen LogP contribution in [0.5, 0.6) is 5.75 Å². The zero-order chi connectivity index (χ0) is 31.9. The highest BCUT2D eigenvalue weighted by atomic mass is 32.2. The maximum atomic E-state index is 11.8. The maximum absolute atomic E-state index is 11.8. The van der Waals surface area contributed by atoms with Gasteiger partial charge in [-0.15, -0.1) is 0 Å². The molecular formula is C30H33N7O5S2. The van der Waals surface area contributed by atoms with Crippen LogP contribution in [-0.2, 0) is 19.7 Å². The number of anilines is 4. The van der Waals surface area contributed by atoms with Crippen LogP contribution in [-0.4, -0.2) is 57.3 Å². The zero-order valence-corrected chi connectivity index (χ0v) is 26.5. The van der Waals surface area contributed by atoms with E-state index in [1.807, 2.05) is 31.2 Å². The van der Waals surface area contributed by atoms with Crippen molar-refractivity contribution in [3.63, 3.8) is 0 Å². The molecule has 0 radical (unpaired) electrons. The molecule has 230 valence electrons. The van der Waals surface area contributed by atoms with Crippen molar-refractivity contribution in [1.29, 1.82) is 0 Å². The monoisotopic (exact) mass is 635 g/mol. The van der Waals surface area contributed by atoms with Gasteiger partial charge in [-0.3, -0.25) is 10.9 Å². The van der Waals surface area contributed by atoms with Gasteiger partial charge in [-0.25, -0.2) is 16.8 Å². The molecule has 4 aromatic rings. The third-order valence-electron chi connectivity index (χ3n) is 6.20. The minimum Gasteiger partial charge on any atom is -0.494 e. The first kappa shape index (κ1) is 32.1. The van der Waals surface area contributed by atoms with E-state index in [0.717, 1.165) is 23.6 Å². The van der Waals surface area contributed by atoms with Crippen LogP contribution in [0.4, 0.5) is 23.3 Å². The van der Waals surface area contributed by atoms with E-state index in [9.17, 15) is 16.8 Å². The Balaban J connectivity index is 1.61. The van der Waals surface area contributed by atoms with Crippen molar-refractivity contribution >= 4 is 54.4 Å². The van der Waals surface area contributed by atoms with Gasteiger partial charge in [0.1, 0.15) is 5.75 Å². The molecule has 1 aromatic heterocycles. The van der Waals surface area contributed by atoms with Crippen molar-refractivity contribution in [3.05, 3.63) is 90.0 Å². The number of aromatic nitrogens is 2. The average Bonchev–Trinajstić information content (AvgIpc) is 2.98. The molecule has 0 saturated heterocycles. The topological polar surface area (TPSA) is 164 Å². The van der Waals surface area contributed by atoms with Crippen molar-refractivity contribution in [1.82, 2.24) is 9.97 Å². The Hall–Kier alpha value is -4.82. The van der Waals surface area contributed by atoms with E-state index in [2.05, 4.69) is 36.3 Å². The first-order chi connectivity index (χ1) is 20.8. The Labute approximate surface area is 257 Å². The van der Waals surface area contributed by atoms with Crippen LogP contribution in [0.3, 0.4) is 0 Å². The lowest BCUT2D eigenvalue weighted by molar-refractivity contribution is 0.340. The molecule has 0 aliphatic heterocycles. The van der Waals surface area contributed by atoms with Gasteiger partial charge in [-0.2, -0.15) is 20.2 Å². The van der Waals surface area contributed by atoms with Crippen molar-refractivity contribution in [2.75, 3.05) is 35.3 Å². The maximum Gasteiger partial charge on any atom is 0.231 e. The summed E-state index contributed by atoms with van der Waals surface area (Å²) in [6, 6.07) is 21.8. The Morgan fingerprint density at radius 3 is 1.64 bits per heavy atom. The quantitative estimate of drug-likeness (QED) is 0.141. The number of hydrogen-bond donors (Lipinski definition) is 3. The lowest BCUT2D eigenvalue weighted by Gasteiger charge is -2.11. The molecule has 1 heterocycles. The zero-order valence-electron chi connectivity index (χ0n) is 24.9. The van der Waals surface area contributed by atoms with E-state index >= 15 is 0 Å². The molecule has 0 aliphatic rings. The first-order valence-corrected chi connectivity index (χ1v) is 17.2. The smallest absolute Gasteiger partial charge is 0.231 e. The van der Waals surface area contributed by atoms with Gasteiger partial charge in [0.15, 0.2) is 31.3 Å². The third kappa shape index (κ3) is 8.84. The molecule has 3 N–H and O–H groups in total. The molecule has 0 fully saturated rings. The largest absolute Gasteiger partial charge is 0.494 e. The van der Waals surface area contributed by atoms with E-state index < -0.39 is 19.7 Å². The summed E-state index contributed by atoms with van der Waals surface area (Å²) < 4.78 is 52.7. The second-order valence-electron chi connectivity index (χ2n) is 9.76. The van der Waals surface area contributed by atoms with Gasteiger partial charge in [0.2, 0.25) is 5.95 Å². The van der Waals surface area contributed by atoms with Crippen molar-refractivity contribution in [3.8, 4) is 5.75 Å². The summed E-state index contributed by atoms with van der Waals surface area (Å²) in [4.78, 5) is 9.50. The van der Waals surface area contributed by atoms with Crippen molar-refractivity contribution in [2.24, 2.45) is 10.2 Å². The predicted octanol–water partition coefficient (Wildman–Crippen LogP) is 5.10. The minimum atomic E-state index is -3.31. The molecule has 0 bridgehead atoms. The van der Waals surface area contributed by atoms with E-state index in [1.165, 1.54) is 24.3 Å². The number of hydrogen-bond acceptors (Lipinski definition) is 12. The van der Waals surface area contributed by atoms with E-state index in [-0.39, 0.29) is 15.7 Å². The van der Waals surface area contributed by atoms with Gasteiger partial charge in [-0.1, -0.05) is 30.3 Å². The molecule has 3 aromatic carbocycles. The van der Waals surface area contributed by atoms with E-state index in [0.29, 0.717) is 41.1 Å². The molecular weight excluding hydrogens is 603 g/mol. The van der Waals surface area contributed by atoms with E-state index in [4.69, 9.17) is 4.74 Å². The summed E-state index contributed by atoms with van der Waals surface area (Å²) >= 11 is 0. The van der Waals surface area contributed by atoms with Crippen molar-refractivity contribution < 1.29 is 21.6 Å². The Morgan fingerprint density at radius 2 is 1.20 bits per heavy atom. The van der Waals surface area contributed by atoms with Gasteiger partial charge in [0, 0.05) is 30.3 Å². The molecule has 14 heteroatoms. The van der Waals surface area contributed by atoms with E-state index in [1.54, 1.807) is 44.2 Å². The summed E-state index contributed by atoms with van der Waals surface area (Å²) in [5.74, 6) is 1.64. The molecule has 0 saturated carbocycles. The Kier molecular flexibility index (Phi) is 9.96. The highest BCUT2D eigenvalue weighted by Crippen LogP contribution is 2.23. The number of ether oxygens (including phenoxy) is 1. The molecule has 12 nitrogen and oxygen atoms in total. The van der Waals surface area contributed by atoms with Gasteiger partial charge < -0.3 is 10.1 Å². The molecule has 0 unspecified atom stereocenters. The normalized spacial score (nSPS) is 12.5. The van der Waals surface area contributed by atoms with Crippen LogP contribution < -0.4 is 20.9 Å². The van der Waals surface area contributed by atoms with Crippen LogP contribution in [0.25, 0.3) is 0 Å². The SMILES string of the molecule is CCOc1cccc(Nc2nc(NN=C(C)c3ccc(S(C)(=O)=O)cc3)cc(NN=C(C)c3ccc(S(C)(=O)=O)cc3)n2)c1. The lowest BCUT2D eigenvalue weighted by Crippen LogP contribution is -2.07. The van der Waals surface area contributed by atoms with Gasteiger partial charge in [0.05, 0.1) is 27.8 Å². The molecule has 0 spiro atoms. The minimum absolute atomic E-state index is 0.222. The fourth-order valence-electron chi connectivity index (χ4n) is 3.88. The number of sulfone groups is 2. The molecule has 0 amide bonds. The van der Waals surface area contributed by atoms with Crippen LogP contribution in [0, 0.1) is 0 Å². The van der Waals surface area contributed by atoms with Gasteiger partial charge >= 0.3 is 0 Å². The Bertz CT molecular complexity index is 1800. The van der Waals surface area contributed by atoms with Crippen LogP contribution in [0.1, 0.15) is 31.9 Å². The fraction of sp³-hybridized carbons (Fsp3) is 0.200. The number of hydrazone groups is 2. The highest BCUT2D eigenvalue weighted by Gasteiger charge is 2.10. The Morgan fingerprint density at radius 1 is 0.727 bits per heavy atom. The predicted molar refractivity (Wildman–Crippen MR) is 174 cm³/mol. The first-order valence-electron chi connectivity index (χ1n) is 13.4. The van der Waals surface area contributed by atoms with Crippen LogP contribution in [0.2, 0.25) is 0 Å². The van der Waals surface area contributed by atoms with Crippen molar-refractivity contribution in [2.45, 2.75) is 30.6 Å². The molecule has 44 heavy (non-hydrogen) atoms. The fourth-order valence-corrected chi connectivity index (χ4v) is 5.14. The lowest BCUT2D eigenvalue weighted by atomic mass is 10.1. The molecule has 0 atom stereocenters. The number of nitrogens with zero attached hydrogens (tertiary/aromatic N) is 4. The summed E-state index contributed by atoms with van der Waals surface area (Å²) in [5, 5.41) is 12.0. The summed E-state index contributed by atoms with van der Waals surface area (Å²) in [7, 11) is -6.62. The second kappa shape index (κ2) is 13.7. The summed E-state index contributed by atoms with van der Waals surface area (Å²) in [5.41, 5.74) is 9.23. The summed E-state index contributed by atoms with van der Waals surface area (Å²) in [6.07, 6.45) is 2.31. The molecule has 4 rings (SSSR count). The second-order valence-corrected chi connectivity index (χ2v) is 13.8. The standard InChI is InChI=1S/C30H33N7O5S2/c1-6-42-25-9-7-8-24(18-25)31-30-32-28(36-34-20(2)22-10-14-26(15-11-22)43(4,38)39)19-29(33-30)37-35-21(3)23-12-16-27(17-13-23)44(5,40)41/h7-19H,6H2,1-5H3,(H3,31,32,33,36,37). The van der Waals surface area contributed by atoms with Gasteiger partial charge in [-0.05, 0) is 68.3 Å². The number of nitrogens with one attached hydrogen (secondary N) is 3.